The molecule has 0 spiro atoms. The molecule has 33 heavy (non-hydrogen) atoms. The highest BCUT2D eigenvalue weighted by Crippen LogP contribution is 2.43. The minimum Gasteiger partial charge on any atom is -0.507 e. The molecule has 1 atom stereocenters. The summed E-state index contributed by atoms with van der Waals surface area (Å²) in [5.74, 6) is -1.81. The molecule has 0 aliphatic carbocycles. The van der Waals surface area contributed by atoms with Crippen LogP contribution in [-0.2, 0) is 9.59 Å². The van der Waals surface area contributed by atoms with Crippen molar-refractivity contribution < 1.29 is 23.8 Å². The largest absolute Gasteiger partial charge is 0.507 e. The van der Waals surface area contributed by atoms with E-state index in [1.165, 1.54) is 23.1 Å². The molecule has 1 N–H and O–H groups in total. The van der Waals surface area contributed by atoms with Crippen molar-refractivity contribution in [1.29, 1.82) is 0 Å². The molecule has 1 fully saturated rings. The van der Waals surface area contributed by atoms with Gasteiger partial charge in [-0.1, -0.05) is 29.8 Å². The van der Waals surface area contributed by atoms with Gasteiger partial charge in [-0.3, -0.25) is 14.5 Å². The fourth-order valence-corrected chi connectivity index (χ4v) is 4.09. The molecule has 4 rings (SSSR count). The van der Waals surface area contributed by atoms with Gasteiger partial charge in [-0.05, 0) is 73.5 Å². The first-order valence-electron chi connectivity index (χ1n) is 10.4. The van der Waals surface area contributed by atoms with Crippen LogP contribution in [0.15, 0.2) is 72.3 Å². The third kappa shape index (κ3) is 4.22. The number of carbonyl (C=O) groups is 2. The van der Waals surface area contributed by atoms with Crippen molar-refractivity contribution in [2.24, 2.45) is 0 Å². The molecule has 0 bridgehead atoms. The van der Waals surface area contributed by atoms with Crippen LogP contribution in [0.5, 0.6) is 5.75 Å². The van der Waals surface area contributed by atoms with Crippen LogP contribution in [-0.4, -0.2) is 23.4 Å². The summed E-state index contributed by atoms with van der Waals surface area (Å²) >= 11 is 6.15. The van der Waals surface area contributed by atoms with E-state index in [1.54, 1.807) is 55.5 Å². The van der Waals surface area contributed by atoms with E-state index >= 15 is 0 Å². The molecule has 0 saturated carbocycles. The van der Waals surface area contributed by atoms with Crippen LogP contribution < -0.4 is 9.64 Å². The number of nitrogens with zero attached hydrogens (tertiary/aromatic N) is 1. The summed E-state index contributed by atoms with van der Waals surface area (Å²) in [4.78, 5) is 27.6. The van der Waals surface area contributed by atoms with E-state index in [1.807, 2.05) is 6.92 Å². The molecular weight excluding hydrogens is 445 g/mol. The maximum absolute atomic E-state index is 13.8. The van der Waals surface area contributed by atoms with Crippen molar-refractivity contribution in [3.8, 4) is 5.75 Å². The van der Waals surface area contributed by atoms with Crippen molar-refractivity contribution in [2.75, 3.05) is 11.5 Å². The third-order valence-corrected chi connectivity index (χ3v) is 5.70. The lowest BCUT2D eigenvalue weighted by Crippen LogP contribution is -2.29. The van der Waals surface area contributed by atoms with Crippen LogP contribution in [0.2, 0.25) is 5.02 Å². The fraction of sp³-hybridized carbons (Fsp3) is 0.154. The molecule has 3 aromatic rings. The van der Waals surface area contributed by atoms with E-state index in [2.05, 4.69) is 0 Å². The lowest BCUT2D eigenvalue weighted by atomic mass is 9.94. The number of hydrogen-bond donors (Lipinski definition) is 1. The Morgan fingerprint density at radius 2 is 1.82 bits per heavy atom. The normalized spacial score (nSPS) is 17.5. The maximum atomic E-state index is 13.8. The van der Waals surface area contributed by atoms with Crippen molar-refractivity contribution in [1.82, 2.24) is 0 Å². The van der Waals surface area contributed by atoms with Gasteiger partial charge in [0.25, 0.3) is 11.7 Å². The number of carbonyl (C=O) groups excluding carboxylic acids is 2. The Bertz CT molecular complexity index is 1270. The van der Waals surface area contributed by atoms with Gasteiger partial charge >= 0.3 is 0 Å². The summed E-state index contributed by atoms with van der Waals surface area (Å²) in [5.41, 5.74) is 1.47. The molecule has 1 amide bonds. The fourth-order valence-electron chi connectivity index (χ4n) is 3.90. The van der Waals surface area contributed by atoms with Crippen molar-refractivity contribution >= 4 is 34.7 Å². The molecule has 1 saturated heterocycles. The van der Waals surface area contributed by atoms with Gasteiger partial charge in [0.15, 0.2) is 0 Å². The molecule has 0 aromatic heterocycles. The number of amides is 1. The minimum atomic E-state index is -0.912. The van der Waals surface area contributed by atoms with Crippen LogP contribution in [0.4, 0.5) is 10.1 Å². The predicted molar refractivity (Wildman–Crippen MR) is 125 cm³/mol. The molecule has 1 heterocycles. The molecule has 1 aliphatic heterocycles. The van der Waals surface area contributed by atoms with Crippen molar-refractivity contribution in [2.45, 2.75) is 19.9 Å². The minimum absolute atomic E-state index is 0.0878. The summed E-state index contributed by atoms with van der Waals surface area (Å²) < 4.78 is 19.3. The third-order valence-electron chi connectivity index (χ3n) is 5.47. The van der Waals surface area contributed by atoms with E-state index < -0.39 is 23.5 Å². The van der Waals surface area contributed by atoms with Gasteiger partial charge in [0, 0.05) is 16.3 Å². The number of ether oxygens (including phenoxy) is 1. The first-order valence-corrected chi connectivity index (χ1v) is 10.8. The Kier molecular flexibility index (Phi) is 6.20. The summed E-state index contributed by atoms with van der Waals surface area (Å²) in [6, 6.07) is 16.6. The summed E-state index contributed by atoms with van der Waals surface area (Å²) in [5, 5.41) is 11.5. The zero-order valence-electron chi connectivity index (χ0n) is 18.0. The van der Waals surface area contributed by atoms with E-state index in [9.17, 15) is 19.1 Å². The molecule has 5 nitrogen and oxygen atoms in total. The van der Waals surface area contributed by atoms with E-state index in [4.69, 9.17) is 16.3 Å². The molecule has 3 aromatic carbocycles. The smallest absolute Gasteiger partial charge is 0.300 e. The number of aryl methyl sites for hydroxylation is 1. The summed E-state index contributed by atoms with van der Waals surface area (Å²) in [6.45, 7) is 3.91. The topological polar surface area (TPSA) is 66.8 Å². The highest BCUT2D eigenvalue weighted by atomic mass is 35.5. The van der Waals surface area contributed by atoms with Gasteiger partial charge in [0.2, 0.25) is 0 Å². The monoisotopic (exact) mass is 465 g/mol. The van der Waals surface area contributed by atoms with Gasteiger partial charge in [-0.15, -0.1) is 0 Å². The van der Waals surface area contributed by atoms with Gasteiger partial charge in [-0.25, -0.2) is 4.39 Å². The first-order chi connectivity index (χ1) is 15.8. The summed E-state index contributed by atoms with van der Waals surface area (Å²) in [6.07, 6.45) is 0. The van der Waals surface area contributed by atoms with Crippen LogP contribution >= 0.6 is 11.6 Å². The second kappa shape index (κ2) is 9.08. The molecular formula is C26H21ClFNO4. The number of aliphatic hydroxyl groups is 1. The van der Waals surface area contributed by atoms with E-state index in [0.717, 1.165) is 0 Å². The molecule has 0 radical (unpaired) electrons. The van der Waals surface area contributed by atoms with Gasteiger partial charge in [0.05, 0.1) is 18.2 Å². The van der Waals surface area contributed by atoms with Crippen LogP contribution in [0.25, 0.3) is 5.76 Å². The zero-order chi connectivity index (χ0) is 23.7. The average Bonchev–Trinajstić information content (AvgIpc) is 3.06. The highest BCUT2D eigenvalue weighted by molar-refractivity contribution is 6.51. The second-order valence-corrected chi connectivity index (χ2v) is 8.05. The lowest BCUT2D eigenvalue weighted by molar-refractivity contribution is -0.132. The number of hydrogen-bond acceptors (Lipinski definition) is 4. The highest BCUT2D eigenvalue weighted by Gasteiger charge is 2.47. The van der Waals surface area contributed by atoms with Crippen LogP contribution in [0.1, 0.15) is 29.7 Å². The maximum Gasteiger partial charge on any atom is 0.300 e. The number of ketones is 1. The van der Waals surface area contributed by atoms with Crippen molar-refractivity contribution in [3.05, 3.63) is 99.8 Å². The van der Waals surface area contributed by atoms with E-state index in [0.29, 0.717) is 34.2 Å². The second-order valence-electron chi connectivity index (χ2n) is 7.61. The average molecular weight is 466 g/mol. The Balaban J connectivity index is 1.92. The van der Waals surface area contributed by atoms with Gasteiger partial charge < -0.3 is 9.84 Å². The Morgan fingerprint density at radius 3 is 2.45 bits per heavy atom. The van der Waals surface area contributed by atoms with Gasteiger partial charge in [0.1, 0.15) is 17.3 Å². The molecule has 1 aliphatic rings. The Hall–Kier alpha value is -3.64. The lowest BCUT2D eigenvalue weighted by Gasteiger charge is -2.25. The standard InChI is InChI=1S/C26H21ClFNO4/c1-3-33-20-10-7-16(8-11-20)23-22(24(30)17-9-12-21(28)15(2)13-17)25(31)26(32)29(23)19-6-4-5-18(27)14-19/h4-14,23,30H,3H2,1-2H3/b24-22+. The number of Topliss-reactive ketones (excluding diaryl/α,β-unsaturated/α-hetero) is 1. The van der Waals surface area contributed by atoms with Gasteiger partial charge in [-0.2, -0.15) is 0 Å². The van der Waals surface area contributed by atoms with Crippen LogP contribution in [0.3, 0.4) is 0 Å². The molecule has 7 heteroatoms. The number of aliphatic hydroxyl groups excluding tert-OH is 1. The SMILES string of the molecule is CCOc1ccc(C2/C(=C(\O)c3ccc(F)c(C)c3)C(=O)C(=O)N2c2cccc(Cl)c2)cc1. The number of anilines is 1. The van der Waals surface area contributed by atoms with Crippen molar-refractivity contribution in [3.63, 3.8) is 0 Å². The number of halogens is 2. The van der Waals surface area contributed by atoms with E-state index in [-0.39, 0.29) is 16.9 Å². The summed E-state index contributed by atoms with van der Waals surface area (Å²) in [7, 11) is 0. The first kappa shape index (κ1) is 22.6. The Labute approximate surface area is 195 Å². The molecule has 168 valence electrons. The quantitative estimate of drug-likeness (QED) is 0.293. The predicted octanol–water partition coefficient (Wildman–Crippen LogP) is 5.81. The number of rotatable bonds is 5. The molecule has 1 unspecified atom stereocenters. The number of benzene rings is 3. The zero-order valence-corrected chi connectivity index (χ0v) is 18.8. The van der Waals surface area contributed by atoms with Crippen LogP contribution in [0, 0.1) is 12.7 Å². The Morgan fingerprint density at radius 1 is 1.09 bits per heavy atom.